The molecule has 0 aliphatic heterocycles. The minimum atomic E-state index is 0.178. The van der Waals surface area contributed by atoms with Gasteiger partial charge in [0, 0.05) is 30.4 Å². The quantitative estimate of drug-likeness (QED) is 0.649. The average molecular weight is 378 g/mol. The zero-order valence-electron chi connectivity index (χ0n) is 16.2. The summed E-state index contributed by atoms with van der Waals surface area (Å²) in [5, 5.41) is 8.68. The van der Waals surface area contributed by atoms with Crippen molar-refractivity contribution in [1.82, 2.24) is 15.1 Å². The summed E-state index contributed by atoms with van der Waals surface area (Å²) >= 11 is 6.37. The van der Waals surface area contributed by atoms with Crippen LogP contribution in [0.25, 0.3) is 0 Å². The molecule has 0 radical (unpaired) electrons. The number of hydrogen-bond donors (Lipinski definition) is 1. The van der Waals surface area contributed by atoms with E-state index in [0.717, 1.165) is 17.8 Å². The molecule has 5 nitrogen and oxygen atoms in total. The van der Waals surface area contributed by atoms with Crippen LogP contribution in [0.2, 0.25) is 5.02 Å². The van der Waals surface area contributed by atoms with Crippen molar-refractivity contribution in [3.8, 4) is 11.5 Å². The predicted octanol–water partition coefficient (Wildman–Crippen LogP) is 4.60. The molecule has 0 spiro atoms. The average Bonchev–Trinajstić information content (AvgIpc) is 2.91. The Morgan fingerprint density at radius 3 is 2.69 bits per heavy atom. The number of nitrogens with one attached hydrogen (secondary N) is 1. The summed E-state index contributed by atoms with van der Waals surface area (Å²) in [7, 11) is 1.61. The van der Waals surface area contributed by atoms with Crippen molar-refractivity contribution in [2.75, 3.05) is 13.7 Å². The molecule has 0 saturated carbocycles. The van der Waals surface area contributed by atoms with Gasteiger partial charge in [0.15, 0.2) is 11.5 Å². The Balaban J connectivity index is 2.15. The van der Waals surface area contributed by atoms with Gasteiger partial charge < -0.3 is 14.8 Å². The van der Waals surface area contributed by atoms with Crippen LogP contribution in [0, 0.1) is 13.8 Å². The van der Waals surface area contributed by atoms with Gasteiger partial charge in [-0.3, -0.25) is 4.68 Å². The highest BCUT2D eigenvalue weighted by atomic mass is 35.5. The van der Waals surface area contributed by atoms with Crippen LogP contribution in [-0.4, -0.2) is 23.5 Å². The Kier molecular flexibility index (Phi) is 7.12. The van der Waals surface area contributed by atoms with Gasteiger partial charge in [-0.1, -0.05) is 24.3 Å². The van der Waals surface area contributed by atoms with Crippen molar-refractivity contribution in [3.63, 3.8) is 0 Å². The van der Waals surface area contributed by atoms with Crippen LogP contribution < -0.4 is 14.8 Å². The number of methoxy groups -OCH3 is 1. The molecule has 142 valence electrons. The third kappa shape index (κ3) is 4.40. The first-order valence-electron chi connectivity index (χ1n) is 8.80. The highest BCUT2D eigenvalue weighted by molar-refractivity contribution is 6.32. The monoisotopic (exact) mass is 377 g/mol. The van der Waals surface area contributed by atoms with Crippen LogP contribution in [-0.2, 0) is 13.1 Å². The fraction of sp³-hybridized carbons (Fsp3) is 0.450. The summed E-state index contributed by atoms with van der Waals surface area (Å²) in [6.07, 6.45) is 1.67. The lowest BCUT2D eigenvalue weighted by Crippen LogP contribution is -2.19. The number of benzene rings is 1. The Labute approximate surface area is 161 Å². The molecule has 0 fully saturated rings. The number of ether oxygens (including phenoxy) is 2. The molecule has 0 bridgehead atoms. The highest BCUT2D eigenvalue weighted by Gasteiger charge is 2.17. The van der Waals surface area contributed by atoms with Crippen LogP contribution >= 0.6 is 11.6 Å². The summed E-state index contributed by atoms with van der Waals surface area (Å²) in [5.41, 5.74) is 4.54. The molecule has 1 heterocycles. The molecule has 1 aromatic heterocycles. The van der Waals surface area contributed by atoms with Crippen molar-refractivity contribution in [2.45, 2.75) is 46.8 Å². The Bertz CT molecular complexity index is 771. The van der Waals surface area contributed by atoms with Crippen LogP contribution in [0.4, 0.5) is 0 Å². The lowest BCUT2D eigenvalue weighted by molar-refractivity contribution is 0.326. The maximum atomic E-state index is 6.37. The first-order valence-corrected chi connectivity index (χ1v) is 9.18. The van der Waals surface area contributed by atoms with E-state index < -0.39 is 0 Å². The van der Waals surface area contributed by atoms with Gasteiger partial charge in [0.2, 0.25) is 0 Å². The Morgan fingerprint density at radius 1 is 1.38 bits per heavy atom. The number of nitrogens with zero attached hydrogens (tertiary/aromatic N) is 2. The minimum Gasteiger partial charge on any atom is -0.493 e. The second-order valence-electron chi connectivity index (χ2n) is 6.21. The van der Waals surface area contributed by atoms with Gasteiger partial charge in [0.25, 0.3) is 0 Å². The number of rotatable bonds is 9. The maximum Gasteiger partial charge on any atom is 0.180 e. The topological polar surface area (TPSA) is 48.3 Å². The highest BCUT2D eigenvalue weighted by Crippen LogP contribution is 2.36. The van der Waals surface area contributed by atoms with E-state index >= 15 is 0 Å². The number of aryl methyl sites for hydroxylation is 2. The van der Waals surface area contributed by atoms with Gasteiger partial charge in [0.05, 0.1) is 17.8 Å². The fourth-order valence-corrected chi connectivity index (χ4v) is 3.46. The van der Waals surface area contributed by atoms with E-state index in [1.807, 2.05) is 16.8 Å². The Hall–Kier alpha value is -1.98. The summed E-state index contributed by atoms with van der Waals surface area (Å²) in [4.78, 5) is 0. The summed E-state index contributed by atoms with van der Waals surface area (Å²) in [6.45, 7) is 14.0. The number of hydrogen-bond acceptors (Lipinski definition) is 4. The van der Waals surface area contributed by atoms with Gasteiger partial charge in [-0.2, -0.15) is 5.10 Å². The zero-order valence-corrected chi connectivity index (χ0v) is 17.0. The largest absolute Gasteiger partial charge is 0.493 e. The molecule has 1 unspecified atom stereocenters. The van der Waals surface area contributed by atoms with Crippen molar-refractivity contribution < 1.29 is 9.47 Å². The molecule has 1 aromatic carbocycles. The first kappa shape index (κ1) is 20.3. The standard InChI is InChI=1S/C20H28ClN3O2/c1-7-9-26-20-17(21)10-16(11-18(20)25-6)12-22-13(3)19-14(4)23-24(8-2)15(19)5/h7,10-11,13,22H,1,8-9,12H2,2-6H3. The third-order valence-electron chi connectivity index (χ3n) is 4.42. The van der Waals surface area contributed by atoms with Gasteiger partial charge >= 0.3 is 0 Å². The first-order chi connectivity index (χ1) is 12.4. The molecular weight excluding hydrogens is 350 g/mol. The molecule has 2 aromatic rings. The van der Waals surface area contributed by atoms with E-state index in [1.54, 1.807) is 13.2 Å². The van der Waals surface area contributed by atoms with E-state index in [4.69, 9.17) is 21.1 Å². The van der Waals surface area contributed by atoms with Crippen molar-refractivity contribution in [2.24, 2.45) is 0 Å². The van der Waals surface area contributed by atoms with E-state index in [-0.39, 0.29) is 6.04 Å². The normalized spacial score (nSPS) is 12.1. The molecule has 1 atom stereocenters. The molecule has 6 heteroatoms. The number of aromatic nitrogens is 2. The lowest BCUT2D eigenvalue weighted by atomic mass is 10.1. The molecule has 0 aliphatic rings. The summed E-state index contributed by atoms with van der Waals surface area (Å²) in [5.74, 6) is 1.16. The lowest BCUT2D eigenvalue weighted by Gasteiger charge is -2.17. The predicted molar refractivity (Wildman–Crippen MR) is 106 cm³/mol. The zero-order chi connectivity index (χ0) is 19.3. The van der Waals surface area contributed by atoms with Crippen molar-refractivity contribution >= 4 is 11.6 Å². The molecular formula is C20H28ClN3O2. The minimum absolute atomic E-state index is 0.178. The second-order valence-corrected chi connectivity index (χ2v) is 6.62. The van der Waals surface area contributed by atoms with Crippen LogP contribution in [0.5, 0.6) is 11.5 Å². The molecule has 2 rings (SSSR count). The van der Waals surface area contributed by atoms with Gasteiger partial charge in [-0.25, -0.2) is 0 Å². The van der Waals surface area contributed by atoms with E-state index in [1.165, 1.54) is 11.3 Å². The molecule has 0 saturated heterocycles. The maximum absolute atomic E-state index is 6.37. The second kappa shape index (κ2) is 9.10. The Morgan fingerprint density at radius 2 is 2.12 bits per heavy atom. The van der Waals surface area contributed by atoms with Gasteiger partial charge in [-0.05, 0) is 45.4 Å². The van der Waals surface area contributed by atoms with Gasteiger partial charge in [-0.15, -0.1) is 0 Å². The summed E-state index contributed by atoms with van der Waals surface area (Å²) < 4.78 is 13.1. The smallest absolute Gasteiger partial charge is 0.180 e. The molecule has 0 amide bonds. The summed E-state index contributed by atoms with van der Waals surface area (Å²) in [6, 6.07) is 4.02. The van der Waals surface area contributed by atoms with Gasteiger partial charge in [0.1, 0.15) is 6.61 Å². The molecule has 26 heavy (non-hydrogen) atoms. The van der Waals surface area contributed by atoms with Crippen LogP contribution in [0.3, 0.4) is 0 Å². The van der Waals surface area contributed by atoms with Crippen LogP contribution in [0.15, 0.2) is 24.8 Å². The fourth-order valence-electron chi connectivity index (χ4n) is 3.18. The van der Waals surface area contributed by atoms with Crippen LogP contribution in [0.1, 0.15) is 42.4 Å². The van der Waals surface area contributed by atoms with Crippen molar-refractivity contribution in [1.29, 1.82) is 0 Å². The SMILES string of the molecule is C=CCOc1c(Cl)cc(CNC(C)c2c(C)nn(CC)c2C)cc1OC. The third-order valence-corrected chi connectivity index (χ3v) is 4.70. The van der Waals surface area contributed by atoms with Crippen molar-refractivity contribution in [3.05, 3.63) is 52.3 Å². The molecule has 1 N–H and O–H groups in total. The molecule has 0 aliphatic carbocycles. The van der Waals surface area contributed by atoms with E-state index in [2.05, 4.69) is 44.7 Å². The van der Waals surface area contributed by atoms with E-state index in [9.17, 15) is 0 Å². The number of halogens is 1. The van der Waals surface area contributed by atoms with E-state index in [0.29, 0.717) is 29.7 Å².